The van der Waals surface area contributed by atoms with Gasteiger partial charge in [-0.2, -0.15) is 9.65 Å². The van der Waals surface area contributed by atoms with Gasteiger partial charge in [0, 0.05) is 44.0 Å². The van der Waals surface area contributed by atoms with E-state index in [0.29, 0.717) is 22.7 Å². The standard InChI is InChI=1S/C20H20FN7O/c1-27-12-25-26-20(27)13-4-7-28(8-5-13)18-14(10-22)3-6-23-17(18)15-9-16(29-2)19(21)24-11-15/h3,6,9,11-13H,4-5,7-8H2,1-2H3. The average Bonchev–Trinajstić information content (AvgIpc) is 3.19. The zero-order valence-corrected chi connectivity index (χ0v) is 16.2. The van der Waals surface area contributed by atoms with E-state index in [1.807, 2.05) is 11.6 Å². The van der Waals surface area contributed by atoms with Crippen LogP contribution in [0.1, 0.15) is 30.1 Å². The lowest BCUT2D eigenvalue weighted by Gasteiger charge is -2.34. The van der Waals surface area contributed by atoms with Gasteiger partial charge in [0.15, 0.2) is 5.75 Å². The van der Waals surface area contributed by atoms with E-state index in [4.69, 9.17) is 4.74 Å². The van der Waals surface area contributed by atoms with Crippen LogP contribution in [0.2, 0.25) is 0 Å². The van der Waals surface area contributed by atoms with Crippen molar-refractivity contribution in [2.24, 2.45) is 7.05 Å². The van der Waals surface area contributed by atoms with Crippen LogP contribution in [0.5, 0.6) is 5.75 Å². The van der Waals surface area contributed by atoms with Crippen LogP contribution >= 0.6 is 0 Å². The number of hydrogen-bond acceptors (Lipinski definition) is 7. The minimum absolute atomic E-state index is 0.0404. The summed E-state index contributed by atoms with van der Waals surface area (Å²) < 4.78 is 20.8. The van der Waals surface area contributed by atoms with Gasteiger partial charge in [-0.1, -0.05) is 0 Å². The molecule has 1 saturated heterocycles. The summed E-state index contributed by atoms with van der Waals surface area (Å²) in [7, 11) is 3.34. The van der Waals surface area contributed by atoms with Gasteiger partial charge >= 0.3 is 0 Å². The molecule has 0 bridgehead atoms. The van der Waals surface area contributed by atoms with Gasteiger partial charge < -0.3 is 14.2 Å². The molecule has 4 heterocycles. The Kier molecular flexibility index (Phi) is 5.08. The maximum absolute atomic E-state index is 13.8. The first-order valence-corrected chi connectivity index (χ1v) is 9.30. The zero-order valence-electron chi connectivity index (χ0n) is 16.2. The van der Waals surface area contributed by atoms with Crippen LogP contribution in [-0.2, 0) is 7.05 Å². The van der Waals surface area contributed by atoms with Crippen molar-refractivity contribution in [3.63, 3.8) is 0 Å². The van der Waals surface area contributed by atoms with Gasteiger partial charge in [-0.15, -0.1) is 10.2 Å². The molecule has 29 heavy (non-hydrogen) atoms. The van der Waals surface area contributed by atoms with Crippen LogP contribution in [0.4, 0.5) is 10.1 Å². The predicted molar refractivity (Wildman–Crippen MR) is 104 cm³/mol. The van der Waals surface area contributed by atoms with Gasteiger partial charge in [-0.3, -0.25) is 4.98 Å². The zero-order chi connectivity index (χ0) is 20.4. The van der Waals surface area contributed by atoms with E-state index in [2.05, 4.69) is 31.1 Å². The minimum atomic E-state index is -0.682. The van der Waals surface area contributed by atoms with Crippen molar-refractivity contribution in [1.82, 2.24) is 24.7 Å². The molecule has 0 unspecified atom stereocenters. The predicted octanol–water partition coefficient (Wildman–Crippen LogP) is 2.68. The highest BCUT2D eigenvalue weighted by atomic mass is 19.1. The third-order valence-electron chi connectivity index (χ3n) is 5.27. The Bertz CT molecular complexity index is 1070. The van der Waals surface area contributed by atoms with Crippen molar-refractivity contribution in [1.29, 1.82) is 5.26 Å². The topological polar surface area (TPSA) is 92.8 Å². The Hall–Kier alpha value is -3.54. The molecule has 3 aromatic heterocycles. The van der Waals surface area contributed by atoms with Gasteiger partial charge in [-0.25, -0.2) is 4.98 Å². The third kappa shape index (κ3) is 3.49. The van der Waals surface area contributed by atoms with Crippen molar-refractivity contribution in [3.05, 3.63) is 48.2 Å². The number of aryl methyl sites for hydroxylation is 1. The number of pyridine rings is 2. The molecule has 0 spiro atoms. The number of ether oxygens (including phenoxy) is 1. The SMILES string of the molecule is COc1cc(-c2nccc(C#N)c2N2CCC(c3nncn3C)CC2)cnc1F. The number of rotatable bonds is 4. The van der Waals surface area contributed by atoms with E-state index >= 15 is 0 Å². The van der Waals surface area contributed by atoms with Crippen LogP contribution in [0.3, 0.4) is 0 Å². The van der Waals surface area contributed by atoms with Gasteiger partial charge in [0.25, 0.3) is 5.95 Å². The van der Waals surface area contributed by atoms with Crippen LogP contribution in [0, 0.1) is 17.3 Å². The normalized spacial score (nSPS) is 14.6. The van der Waals surface area contributed by atoms with Gasteiger partial charge in [0.05, 0.1) is 24.1 Å². The van der Waals surface area contributed by atoms with E-state index in [0.717, 1.165) is 37.4 Å². The third-order valence-corrected chi connectivity index (χ3v) is 5.27. The molecule has 9 heteroatoms. The molecule has 0 atom stereocenters. The number of methoxy groups -OCH3 is 1. The number of aromatic nitrogens is 5. The summed E-state index contributed by atoms with van der Waals surface area (Å²) in [6, 6.07) is 5.51. The maximum Gasteiger partial charge on any atom is 0.255 e. The summed E-state index contributed by atoms with van der Waals surface area (Å²) in [6.07, 6.45) is 6.48. The molecule has 1 fully saturated rings. The number of hydrogen-bond donors (Lipinski definition) is 0. The first-order valence-electron chi connectivity index (χ1n) is 9.30. The Morgan fingerprint density at radius 2 is 2.07 bits per heavy atom. The van der Waals surface area contributed by atoms with Crippen LogP contribution in [0.25, 0.3) is 11.3 Å². The number of anilines is 1. The monoisotopic (exact) mass is 393 g/mol. The molecule has 148 valence electrons. The fourth-order valence-electron chi connectivity index (χ4n) is 3.80. The van der Waals surface area contributed by atoms with Crippen LogP contribution in [-0.4, -0.2) is 44.9 Å². The molecule has 1 aliphatic rings. The fourth-order valence-corrected chi connectivity index (χ4v) is 3.80. The lowest BCUT2D eigenvalue weighted by molar-refractivity contribution is 0.378. The second-order valence-corrected chi connectivity index (χ2v) is 6.95. The van der Waals surface area contributed by atoms with Gasteiger partial charge in [-0.05, 0) is 25.0 Å². The minimum Gasteiger partial charge on any atom is -0.492 e. The van der Waals surface area contributed by atoms with Gasteiger partial charge in [0.1, 0.15) is 18.2 Å². The number of nitriles is 1. The van der Waals surface area contributed by atoms with E-state index in [9.17, 15) is 9.65 Å². The summed E-state index contributed by atoms with van der Waals surface area (Å²) in [5.74, 6) is 0.651. The first-order chi connectivity index (χ1) is 14.1. The molecule has 0 saturated carbocycles. The van der Waals surface area contributed by atoms with E-state index in [-0.39, 0.29) is 5.75 Å². The first kappa shape index (κ1) is 18.8. The molecular formula is C20H20FN7O. The summed E-state index contributed by atoms with van der Waals surface area (Å²) in [4.78, 5) is 10.4. The highest BCUT2D eigenvalue weighted by Crippen LogP contribution is 2.37. The Morgan fingerprint density at radius 1 is 1.28 bits per heavy atom. The molecule has 0 radical (unpaired) electrons. The van der Waals surface area contributed by atoms with Crippen molar-refractivity contribution in [3.8, 4) is 23.1 Å². The second kappa shape index (κ2) is 7.83. The summed E-state index contributed by atoms with van der Waals surface area (Å²) in [5, 5.41) is 17.9. The van der Waals surface area contributed by atoms with Crippen molar-refractivity contribution >= 4 is 5.69 Å². The molecular weight excluding hydrogens is 373 g/mol. The number of nitrogens with zero attached hydrogens (tertiary/aromatic N) is 7. The summed E-state index contributed by atoms with van der Waals surface area (Å²) in [5.41, 5.74) is 2.45. The fraction of sp³-hybridized carbons (Fsp3) is 0.350. The van der Waals surface area contributed by atoms with Crippen LogP contribution < -0.4 is 9.64 Å². The molecule has 0 N–H and O–H groups in total. The molecule has 1 aliphatic heterocycles. The molecule has 0 amide bonds. The smallest absolute Gasteiger partial charge is 0.255 e. The number of piperidine rings is 1. The highest BCUT2D eigenvalue weighted by Gasteiger charge is 2.27. The molecule has 3 aromatic rings. The van der Waals surface area contributed by atoms with E-state index < -0.39 is 5.95 Å². The maximum atomic E-state index is 13.8. The summed E-state index contributed by atoms with van der Waals surface area (Å²) >= 11 is 0. The Balaban J connectivity index is 1.68. The highest BCUT2D eigenvalue weighted by molar-refractivity contribution is 5.80. The van der Waals surface area contributed by atoms with Crippen molar-refractivity contribution in [2.75, 3.05) is 25.1 Å². The Morgan fingerprint density at radius 3 is 2.72 bits per heavy atom. The molecule has 0 aliphatic carbocycles. The van der Waals surface area contributed by atoms with Crippen LogP contribution in [0.15, 0.2) is 30.9 Å². The van der Waals surface area contributed by atoms with Crippen molar-refractivity contribution < 1.29 is 9.13 Å². The quantitative estimate of drug-likeness (QED) is 0.629. The average molecular weight is 393 g/mol. The lowest BCUT2D eigenvalue weighted by Crippen LogP contribution is -2.34. The number of halogens is 1. The molecule has 0 aromatic carbocycles. The second-order valence-electron chi connectivity index (χ2n) is 6.95. The Labute approximate surface area is 167 Å². The molecule has 8 nitrogen and oxygen atoms in total. The van der Waals surface area contributed by atoms with E-state index in [1.165, 1.54) is 13.3 Å². The van der Waals surface area contributed by atoms with E-state index in [1.54, 1.807) is 24.7 Å². The van der Waals surface area contributed by atoms with Crippen molar-refractivity contribution in [2.45, 2.75) is 18.8 Å². The molecule has 4 rings (SSSR count). The largest absolute Gasteiger partial charge is 0.492 e. The van der Waals surface area contributed by atoms with Gasteiger partial charge in [0.2, 0.25) is 0 Å². The lowest BCUT2D eigenvalue weighted by atomic mass is 9.94. The summed E-state index contributed by atoms with van der Waals surface area (Å²) in [6.45, 7) is 1.49.